The molecular formula is C23H17N3O4S. The first kappa shape index (κ1) is 21.7. The van der Waals surface area contributed by atoms with Crippen molar-refractivity contribution in [2.24, 2.45) is 0 Å². The standard InChI is InChI=1S/C23H17N3O4S/c24-14-1-15-26-31(28,29)22-12-8-20(9-13-22)23(27)30-21-10-6-19(7-11-21)18-4-2-17(16-25)3-5-18/h2-13,26H,1,15H2. The molecule has 0 spiro atoms. The highest BCUT2D eigenvalue weighted by Crippen LogP contribution is 2.23. The minimum atomic E-state index is -3.74. The van der Waals surface area contributed by atoms with Crippen LogP contribution in [0.25, 0.3) is 11.1 Å². The predicted molar refractivity (Wildman–Crippen MR) is 113 cm³/mol. The maximum Gasteiger partial charge on any atom is 0.343 e. The molecule has 31 heavy (non-hydrogen) atoms. The summed E-state index contributed by atoms with van der Waals surface area (Å²) in [5.41, 5.74) is 2.61. The van der Waals surface area contributed by atoms with Crippen LogP contribution < -0.4 is 9.46 Å². The minimum absolute atomic E-state index is 0.00578. The Hall–Kier alpha value is -3.98. The lowest BCUT2D eigenvalue weighted by Gasteiger charge is -2.08. The molecule has 0 fully saturated rings. The molecule has 3 aromatic carbocycles. The van der Waals surface area contributed by atoms with E-state index >= 15 is 0 Å². The van der Waals surface area contributed by atoms with Gasteiger partial charge in [-0.05, 0) is 59.7 Å². The Morgan fingerprint density at radius 2 is 1.45 bits per heavy atom. The largest absolute Gasteiger partial charge is 0.423 e. The number of rotatable bonds is 7. The van der Waals surface area contributed by atoms with Gasteiger partial charge < -0.3 is 4.74 Å². The molecule has 0 heterocycles. The lowest BCUT2D eigenvalue weighted by atomic mass is 10.0. The van der Waals surface area contributed by atoms with Gasteiger partial charge >= 0.3 is 5.97 Å². The normalized spacial score (nSPS) is 10.6. The fourth-order valence-electron chi connectivity index (χ4n) is 2.71. The molecule has 154 valence electrons. The SMILES string of the molecule is N#CCCNS(=O)(=O)c1ccc(C(=O)Oc2ccc(-c3ccc(C#N)cc3)cc2)cc1. The van der Waals surface area contributed by atoms with Crippen LogP contribution in [0.4, 0.5) is 0 Å². The Bertz CT molecular complexity index is 1250. The molecule has 0 bridgehead atoms. The van der Waals surface area contributed by atoms with Gasteiger partial charge in [-0.25, -0.2) is 17.9 Å². The van der Waals surface area contributed by atoms with Crippen molar-refractivity contribution < 1.29 is 17.9 Å². The second-order valence-corrected chi connectivity index (χ2v) is 8.20. The monoisotopic (exact) mass is 431 g/mol. The van der Waals surface area contributed by atoms with Crippen LogP contribution in [-0.4, -0.2) is 20.9 Å². The molecule has 0 saturated carbocycles. The van der Waals surface area contributed by atoms with Crippen molar-refractivity contribution in [3.8, 4) is 29.0 Å². The molecule has 0 aliphatic carbocycles. The highest BCUT2D eigenvalue weighted by atomic mass is 32.2. The van der Waals surface area contributed by atoms with E-state index in [-0.39, 0.29) is 23.4 Å². The van der Waals surface area contributed by atoms with Crippen LogP contribution in [0.15, 0.2) is 77.7 Å². The number of benzene rings is 3. The van der Waals surface area contributed by atoms with E-state index in [0.29, 0.717) is 11.3 Å². The molecule has 3 rings (SSSR count). The Balaban J connectivity index is 1.66. The highest BCUT2D eigenvalue weighted by Gasteiger charge is 2.15. The van der Waals surface area contributed by atoms with Gasteiger partial charge in [0.15, 0.2) is 0 Å². The fourth-order valence-corrected chi connectivity index (χ4v) is 3.75. The van der Waals surface area contributed by atoms with Gasteiger partial charge in [-0.15, -0.1) is 0 Å². The van der Waals surface area contributed by atoms with E-state index < -0.39 is 16.0 Å². The summed E-state index contributed by atoms with van der Waals surface area (Å²) in [6, 6.07) is 23.3. The minimum Gasteiger partial charge on any atom is -0.423 e. The average Bonchev–Trinajstić information content (AvgIpc) is 2.80. The number of hydrogen-bond donors (Lipinski definition) is 1. The van der Waals surface area contributed by atoms with Gasteiger partial charge in [-0.3, -0.25) is 0 Å². The van der Waals surface area contributed by atoms with Crippen LogP contribution in [0, 0.1) is 22.7 Å². The molecule has 0 aliphatic rings. The van der Waals surface area contributed by atoms with Gasteiger partial charge in [0.25, 0.3) is 0 Å². The number of esters is 1. The Morgan fingerprint density at radius 1 is 0.871 bits per heavy atom. The summed E-state index contributed by atoms with van der Waals surface area (Å²) >= 11 is 0. The van der Waals surface area contributed by atoms with E-state index in [2.05, 4.69) is 10.8 Å². The van der Waals surface area contributed by atoms with Gasteiger partial charge in [-0.2, -0.15) is 10.5 Å². The summed E-state index contributed by atoms with van der Waals surface area (Å²) < 4.78 is 31.9. The first-order valence-corrected chi connectivity index (χ1v) is 10.7. The summed E-state index contributed by atoms with van der Waals surface area (Å²) in [5.74, 6) is -0.273. The van der Waals surface area contributed by atoms with Gasteiger partial charge in [0.05, 0.1) is 28.2 Å². The molecule has 0 unspecified atom stereocenters. The Kier molecular flexibility index (Phi) is 6.78. The van der Waals surface area contributed by atoms with Crippen molar-refractivity contribution in [2.45, 2.75) is 11.3 Å². The Morgan fingerprint density at radius 3 is 2.00 bits per heavy atom. The lowest BCUT2D eigenvalue weighted by Crippen LogP contribution is -2.24. The van der Waals surface area contributed by atoms with Gasteiger partial charge in [0.2, 0.25) is 10.0 Å². The molecule has 0 amide bonds. The summed E-state index contributed by atoms with van der Waals surface area (Å²) in [7, 11) is -3.74. The van der Waals surface area contributed by atoms with Gasteiger partial charge in [-0.1, -0.05) is 24.3 Å². The third-order valence-electron chi connectivity index (χ3n) is 4.34. The molecule has 3 aromatic rings. The summed E-state index contributed by atoms with van der Waals surface area (Å²) in [6.07, 6.45) is 0.0631. The van der Waals surface area contributed by atoms with Gasteiger partial charge in [0, 0.05) is 13.0 Å². The van der Waals surface area contributed by atoms with Crippen LogP contribution in [0.1, 0.15) is 22.3 Å². The molecule has 0 atom stereocenters. The zero-order chi connectivity index (χ0) is 22.3. The zero-order valence-corrected chi connectivity index (χ0v) is 17.1. The second-order valence-electron chi connectivity index (χ2n) is 6.43. The first-order valence-electron chi connectivity index (χ1n) is 9.22. The van der Waals surface area contributed by atoms with E-state index in [4.69, 9.17) is 15.3 Å². The number of nitrogens with one attached hydrogen (secondary N) is 1. The molecule has 0 aliphatic heterocycles. The van der Waals surface area contributed by atoms with Crippen molar-refractivity contribution in [3.63, 3.8) is 0 Å². The maximum absolute atomic E-state index is 12.4. The van der Waals surface area contributed by atoms with Crippen molar-refractivity contribution in [2.75, 3.05) is 6.54 Å². The van der Waals surface area contributed by atoms with Crippen molar-refractivity contribution in [1.82, 2.24) is 4.72 Å². The van der Waals surface area contributed by atoms with E-state index in [0.717, 1.165) is 11.1 Å². The number of nitrogens with zero attached hydrogens (tertiary/aromatic N) is 2. The van der Waals surface area contributed by atoms with E-state index in [1.54, 1.807) is 36.4 Å². The van der Waals surface area contributed by atoms with Crippen LogP contribution in [0.2, 0.25) is 0 Å². The van der Waals surface area contributed by atoms with E-state index in [9.17, 15) is 13.2 Å². The smallest absolute Gasteiger partial charge is 0.343 e. The molecule has 8 heteroatoms. The summed E-state index contributed by atoms with van der Waals surface area (Å²) in [5, 5.41) is 17.4. The maximum atomic E-state index is 12.4. The number of carbonyl (C=O) groups excluding carboxylic acids is 1. The molecule has 0 aromatic heterocycles. The summed E-state index contributed by atoms with van der Waals surface area (Å²) in [6.45, 7) is 0.0150. The van der Waals surface area contributed by atoms with Crippen molar-refractivity contribution in [1.29, 1.82) is 10.5 Å². The summed E-state index contributed by atoms with van der Waals surface area (Å²) in [4.78, 5) is 12.4. The molecule has 7 nitrogen and oxygen atoms in total. The fraction of sp³-hybridized carbons (Fsp3) is 0.0870. The van der Waals surface area contributed by atoms with E-state index in [1.807, 2.05) is 18.2 Å². The Labute approximate surface area is 180 Å². The highest BCUT2D eigenvalue weighted by molar-refractivity contribution is 7.89. The van der Waals surface area contributed by atoms with Crippen LogP contribution in [0.3, 0.4) is 0 Å². The first-order chi connectivity index (χ1) is 14.9. The topological polar surface area (TPSA) is 120 Å². The molecule has 0 radical (unpaired) electrons. The third-order valence-corrected chi connectivity index (χ3v) is 5.82. The molecular weight excluding hydrogens is 414 g/mol. The third kappa shape index (κ3) is 5.55. The number of ether oxygens (including phenoxy) is 1. The number of nitriles is 2. The number of carbonyl (C=O) groups is 1. The van der Waals surface area contributed by atoms with Crippen molar-refractivity contribution in [3.05, 3.63) is 83.9 Å². The number of hydrogen-bond acceptors (Lipinski definition) is 6. The van der Waals surface area contributed by atoms with Crippen LogP contribution in [0.5, 0.6) is 5.75 Å². The van der Waals surface area contributed by atoms with Gasteiger partial charge in [0.1, 0.15) is 5.75 Å². The van der Waals surface area contributed by atoms with E-state index in [1.165, 1.54) is 24.3 Å². The predicted octanol–water partition coefficient (Wildman–Crippen LogP) is 3.64. The van der Waals surface area contributed by atoms with Crippen LogP contribution >= 0.6 is 0 Å². The molecule has 1 N–H and O–H groups in total. The quantitative estimate of drug-likeness (QED) is 0.346. The second kappa shape index (κ2) is 9.68. The van der Waals surface area contributed by atoms with Crippen molar-refractivity contribution >= 4 is 16.0 Å². The van der Waals surface area contributed by atoms with Crippen LogP contribution in [-0.2, 0) is 10.0 Å². The average molecular weight is 431 g/mol. The zero-order valence-electron chi connectivity index (χ0n) is 16.3. The number of sulfonamides is 1. The lowest BCUT2D eigenvalue weighted by molar-refractivity contribution is 0.0734. The molecule has 0 saturated heterocycles.